The molecule has 0 saturated carbocycles. The van der Waals surface area contributed by atoms with Crippen molar-refractivity contribution in [1.29, 1.82) is 0 Å². The van der Waals surface area contributed by atoms with Crippen LogP contribution in [0.4, 0.5) is 16.3 Å². The number of pyridine rings is 1. The molecular formula is C19H23N5O2. The van der Waals surface area contributed by atoms with Crippen LogP contribution in [0.3, 0.4) is 0 Å². The number of unbranched alkanes of at least 4 members (excludes halogenated alkanes) is 1. The summed E-state index contributed by atoms with van der Waals surface area (Å²) in [5, 5.41) is 6.02. The zero-order valence-corrected chi connectivity index (χ0v) is 14.8. The number of hydrogen-bond donors (Lipinski definition) is 3. The molecule has 0 fully saturated rings. The average Bonchev–Trinajstić information content (AvgIpc) is 3.11. The summed E-state index contributed by atoms with van der Waals surface area (Å²) in [7, 11) is 0. The summed E-state index contributed by atoms with van der Waals surface area (Å²) in [6, 6.07) is 12.3. The Balaban J connectivity index is 1.57. The van der Waals surface area contributed by atoms with E-state index in [1.807, 2.05) is 6.07 Å². The summed E-state index contributed by atoms with van der Waals surface area (Å²) in [5.74, 6) is 0.412. The minimum Gasteiger partial charge on any atom is -0.450 e. The monoisotopic (exact) mass is 353 g/mol. The van der Waals surface area contributed by atoms with Gasteiger partial charge in [0, 0.05) is 12.6 Å². The summed E-state index contributed by atoms with van der Waals surface area (Å²) in [6.45, 7) is 2.89. The van der Waals surface area contributed by atoms with Crippen LogP contribution in [0.2, 0.25) is 0 Å². The second kappa shape index (κ2) is 8.84. The van der Waals surface area contributed by atoms with Gasteiger partial charge in [-0.2, -0.15) is 0 Å². The van der Waals surface area contributed by atoms with Crippen molar-refractivity contribution in [3.8, 4) is 0 Å². The average molecular weight is 353 g/mol. The molecule has 0 radical (unpaired) electrons. The summed E-state index contributed by atoms with van der Waals surface area (Å²) >= 11 is 0. The van der Waals surface area contributed by atoms with Gasteiger partial charge in [-0.05, 0) is 31.7 Å². The van der Waals surface area contributed by atoms with Gasteiger partial charge in [0.25, 0.3) is 0 Å². The number of rotatable bonds is 8. The van der Waals surface area contributed by atoms with E-state index in [9.17, 15) is 4.79 Å². The standard InChI is InChI=1S/C19H23N5O2/c1-2-26-19(25)24-16-12-15(17-18(23-16)22-13-21-17)20-11-7-6-10-14-8-4-3-5-9-14/h3-5,8-9,12-13H,2,6-7,10-11H2,1H3,(H3,20,21,22,23,24,25). The topological polar surface area (TPSA) is 91.9 Å². The lowest BCUT2D eigenvalue weighted by atomic mass is 10.1. The Morgan fingerprint density at radius 2 is 2.08 bits per heavy atom. The van der Waals surface area contributed by atoms with Crippen LogP contribution in [0.1, 0.15) is 25.3 Å². The number of aromatic nitrogens is 3. The number of nitrogens with one attached hydrogen (secondary N) is 3. The highest BCUT2D eigenvalue weighted by molar-refractivity contribution is 5.91. The number of H-pyrrole nitrogens is 1. The summed E-state index contributed by atoms with van der Waals surface area (Å²) in [5.41, 5.74) is 3.58. The fourth-order valence-electron chi connectivity index (χ4n) is 2.72. The number of benzene rings is 1. The maximum atomic E-state index is 11.6. The number of imidazole rings is 1. The van der Waals surface area contributed by atoms with E-state index in [0.717, 1.165) is 37.0 Å². The van der Waals surface area contributed by atoms with E-state index in [4.69, 9.17) is 4.74 Å². The number of aromatic amines is 1. The molecule has 0 aliphatic rings. The first kappa shape index (κ1) is 17.7. The molecule has 2 heterocycles. The second-order valence-electron chi connectivity index (χ2n) is 5.87. The maximum Gasteiger partial charge on any atom is 0.412 e. The minimum atomic E-state index is -0.524. The zero-order chi connectivity index (χ0) is 18.2. The Hall–Kier alpha value is -3.09. The van der Waals surface area contributed by atoms with Crippen LogP contribution in [-0.4, -0.2) is 34.2 Å². The van der Waals surface area contributed by atoms with Gasteiger partial charge in [0.15, 0.2) is 5.65 Å². The van der Waals surface area contributed by atoms with Gasteiger partial charge in [-0.3, -0.25) is 5.32 Å². The van der Waals surface area contributed by atoms with Gasteiger partial charge in [-0.15, -0.1) is 0 Å². The molecule has 1 amide bonds. The molecule has 2 aromatic heterocycles. The minimum absolute atomic E-state index is 0.309. The number of fused-ring (bicyclic) bond motifs is 1. The Bertz CT molecular complexity index is 848. The van der Waals surface area contributed by atoms with Crippen molar-refractivity contribution in [2.45, 2.75) is 26.2 Å². The molecule has 0 spiro atoms. The third kappa shape index (κ3) is 4.72. The van der Waals surface area contributed by atoms with E-state index in [1.54, 1.807) is 19.3 Å². The third-order valence-corrected chi connectivity index (χ3v) is 3.95. The number of carbonyl (C=O) groups excluding carboxylic acids is 1. The van der Waals surface area contributed by atoms with Gasteiger partial charge in [0.05, 0.1) is 18.6 Å². The number of aryl methyl sites for hydroxylation is 1. The van der Waals surface area contributed by atoms with Crippen molar-refractivity contribution < 1.29 is 9.53 Å². The predicted octanol–water partition coefficient (Wildman–Crippen LogP) is 3.96. The quantitative estimate of drug-likeness (QED) is 0.533. The lowest BCUT2D eigenvalue weighted by molar-refractivity contribution is 0.168. The van der Waals surface area contributed by atoms with Crippen molar-refractivity contribution in [3.05, 3.63) is 48.3 Å². The van der Waals surface area contributed by atoms with Crippen molar-refractivity contribution in [1.82, 2.24) is 15.0 Å². The molecule has 1 aromatic carbocycles. The van der Waals surface area contributed by atoms with E-state index in [0.29, 0.717) is 18.1 Å². The highest BCUT2D eigenvalue weighted by atomic mass is 16.5. The molecular weight excluding hydrogens is 330 g/mol. The number of hydrogen-bond acceptors (Lipinski definition) is 5. The van der Waals surface area contributed by atoms with Gasteiger partial charge in [0.2, 0.25) is 0 Å². The molecule has 136 valence electrons. The van der Waals surface area contributed by atoms with Crippen molar-refractivity contribution in [2.24, 2.45) is 0 Å². The molecule has 26 heavy (non-hydrogen) atoms. The van der Waals surface area contributed by atoms with E-state index in [1.165, 1.54) is 5.56 Å². The summed E-state index contributed by atoms with van der Waals surface area (Å²) in [4.78, 5) is 23.2. The molecule has 0 atom stereocenters. The van der Waals surface area contributed by atoms with Crippen LogP contribution in [0.15, 0.2) is 42.7 Å². The molecule has 3 aromatic rings. The van der Waals surface area contributed by atoms with Crippen LogP contribution in [0.25, 0.3) is 11.2 Å². The van der Waals surface area contributed by atoms with E-state index in [-0.39, 0.29) is 0 Å². The molecule has 0 aliphatic heterocycles. The molecule has 3 N–H and O–H groups in total. The normalized spacial score (nSPS) is 10.7. The summed E-state index contributed by atoms with van der Waals surface area (Å²) in [6.07, 6.45) is 4.26. The Morgan fingerprint density at radius 3 is 2.88 bits per heavy atom. The second-order valence-corrected chi connectivity index (χ2v) is 5.87. The highest BCUT2D eigenvalue weighted by Gasteiger charge is 2.10. The van der Waals surface area contributed by atoms with E-state index >= 15 is 0 Å². The first-order chi connectivity index (χ1) is 12.8. The Morgan fingerprint density at radius 1 is 1.23 bits per heavy atom. The Labute approximate surface area is 152 Å². The van der Waals surface area contributed by atoms with Crippen LogP contribution in [-0.2, 0) is 11.2 Å². The fourth-order valence-corrected chi connectivity index (χ4v) is 2.72. The van der Waals surface area contributed by atoms with Gasteiger partial charge < -0.3 is 15.0 Å². The first-order valence-corrected chi connectivity index (χ1v) is 8.82. The van der Waals surface area contributed by atoms with Gasteiger partial charge >= 0.3 is 6.09 Å². The summed E-state index contributed by atoms with van der Waals surface area (Å²) < 4.78 is 4.90. The number of nitrogens with zero attached hydrogens (tertiary/aromatic N) is 2. The fraction of sp³-hybridized carbons (Fsp3) is 0.316. The van der Waals surface area contributed by atoms with Gasteiger partial charge in [-0.1, -0.05) is 30.3 Å². The largest absolute Gasteiger partial charge is 0.450 e. The van der Waals surface area contributed by atoms with Crippen molar-refractivity contribution in [3.63, 3.8) is 0 Å². The lowest BCUT2D eigenvalue weighted by Crippen LogP contribution is -2.14. The molecule has 3 rings (SSSR count). The van der Waals surface area contributed by atoms with Crippen LogP contribution >= 0.6 is 0 Å². The maximum absolute atomic E-state index is 11.6. The molecule has 7 heteroatoms. The van der Waals surface area contributed by atoms with Gasteiger partial charge in [0.1, 0.15) is 11.3 Å². The Kier molecular flexibility index (Phi) is 6.03. The molecule has 0 unspecified atom stereocenters. The van der Waals surface area contributed by atoms with E-state index in [2.05, 4.69) is 49.9 Å². The number of anilines is 2. The van der Waals surface area contributed by atoms with Crippen LogP contribution in [0.5, 0.6) is 0 Å². The third-order valence-electron chi connectivity index (χ3n) is 3.95. The predicted molar refractivity (Wildman–Crippen MR) is 102 cm³/mol. The van der Waals surface area contributed by atoms with Crippen molar-refractivity contribution >= 4 is 28.8 Å². The lowest BCUT2D eigenvalue weighted by Gasteiger charge is -2.10. The molecule has 0 aliphatic carbocycles. The SMILES string of the molecule is CCOC(=O)Nc1cc(NCCCCc2ccccc2)c2[nH]cnc2n1. The number of amides is 1. The molecule has 0 saturated heterocycles. The van der Waals surface area contributed by atoms with Crippen molar-refractivity contribution in [2.75, 3.05) is 23.8 Å². The molecule has 0 bridgehead atoms. The zero-order valence-electron chi connectivity index (χ0n) is 14.8. The van der Waals surface area contributed by atoms with Crippen LogP contribution < -0.4 is 10.6 Å². The first-order valence-electron chi connectivity index (χ1n) is 8.82. The number of ether oxygens (including phenoxy) is 1. The van der Waals surface area contributed by atoms with Gasteiger partial charge in [-0.25, -0.2) is 14.8 Å². The van der Waals surface area contributed by atoms with E-state index < -0.39 is 6.09 Å². The number of carbonyl (C=O) groups is 1. The smallest absolute Gasteiger partial charge is 0.412 e. The highest BCUT2D eigenvalue weighted by Crippen LogP contribution is 2.23. The van der Waals surface area contributed by atoms with Crippen LogP contribution in [0, 0.1) is 0 Å². The molecule has 7 nitrogen and oxygen atoms in total.